The van der Waals surface area contributed by atoms with E-state index in [0.29, 0.717) is 19.0 Å². The predicted molar refractivity (Wildman–Crippen MR) is 120 cm³/mol. The second-order valence-corrected chi connectivity index (χ2v) is 8.05. The number of Topliss-reactive ketones (excluding diaryl/α,β-unsaturated/α-hetero) is 1. The van der Waals surface area contributed by atoms with Gasteiger partial charge in [0.2, 0.25) is 11.7 Å². The van der Waals surface area contributed by atoms with Crippen LogP contribution in [0.15, 0.2) is 36.5 Å². The summed E-state index contributed by atoms with van der Waals surface area (Å²) in [5, 5.41) is 9.25. The minimum atomic E-state index is -4.81. The van der Waals surface area contributed by atoms with E-state index in [2.05, 4.69) is 26.3 Å². The van der Waals surface area contributed by atoms with E-state index in [1.165, 1.54) is 7.05 Å². The van der Waals surface area contributed by atoms with E-state index in [1.807, 2.05) is 0 Å². The van der Waals surface area contributed by atoms with Crippen molar-refractivity contribution in [3.63, 3.8) is 0 Å². The number of alkyl halides is 3. The summed E-state index contributed by atoms with van der Waals surface area (Å²) in [6.07, 6.45) is -3.87. The summed E-state index contributed by atoms with van der Waals surface area (Å²) in [6.45, 7) is 0.351. The van der Waals surface area contributed by atoms with E-state index in [4.69, 9.17) is 0 Å². The molecular weight excluding hydrogens is 502 g/mol. The standard InChI is InChI=1S/C23H21F4N5O5/c1-28-22(37)18(33)16(8-11-5-7-30-19(11)34)32-21(36)14-10-13(24)2-3-15(14)31-20(35)12-4-6-29-17(9-12)23(25,26)27/h2-4,6,9-11,16H,5,7-8H2,1H3,(H,28,37)(H,30,34)(H,31,35)(H,32,36)/t11-,16?/m0/s1. The molecule has 2 aromatic rings. The van der Waals surface area contributed by atoms with Crippen molar-refractivity contribution in [2.24, 2.45) is 5.92 Å². The highest BCUT2D eigenvalue weighted by atomic mass is 19.4. The lowest BCUT2D eigenvalue weighted by molar-refractivity contribution is -0.141. The number of carbonyl (C=O) groups excluding carboxylic acids is 5. The maximum Gasteiger partial charge on any atom is 0.433 e. The van der Waals surface area contributed by atoms with Gasteiger partial charge in [0.05, 0.1) is 17.3 Å². The molecule has 1 aromatic heterocycles. The van der Waals surface area contributed by atoms with Gasteiger partial charge in [0.1, 0.15) is 11.5 Å². The lowest BCUT2D eigenvalue weighted by Gasteiger charge is -2.20. The van der Waals surface area contributed by atoms with Crippen molar-refractivity contribution in [3.05, 3.63) is 59.2 Å². The quantitative estimate of drug-likeness (QED) is 0.304. The number of halogens is 4. The number of aromatic nitrogens is 1. The number of amides is 4. The second kappa shape index (κ2) is 11.1. The topological polar surface area (TPSA) is 146 Å². The number of likely N-dealkylation sites (N-methyl/N-ethyl adjacent to an activating group) is 1. The van der Waals surface area contributed by atoms with Crippen LogP contribution in [-0.2, 0) is 20.6 Å². The van der Waals surface area contributed by atoms with Crippen molar-refractivity contribution >= 4 is 35.1 Å². The molecule has 0 aliphatic carbocycles. The molecule has 14 heteroatoms. The average Bonchev–Trinajstić information content (AvgIpc) is 3.27. The SMILES string of the molecule is CNC(=O)C(=O)C(C[C@@H]1CCNC1=O)NC(=O)c1cc(F)ccc1NC(=O)c1ccnc(C(F)(F)F)c1. The molecule has 0 saturated carbocycles. The molecule has 1 unspecified atom stereocenters. The molecular formula is C23H21F4N5O5. The van der Waals surface area contributed by atoms with Gasteiger partial charge in [0, 0.05) is 31.3 Å². The highest BCUT2D eigenvalue weighted by Crippen LogP contribution is 2.28. The van der Waals surface area contributed by atoms with Crippen LogP contribution in [0.4, 0.5) is 23.2 Å². The predicted octanol–water partition coefficient (Wildman–Crippen LogP) is 1.43. The third kappa shape index (κ3) is 6.65. The molecule has 196 valence electrons. The highest BCUT2D eigenvalue weighted by molar-refractivity contribution is 6.38. The molecule has 1 aliphatic heterocycles. The highest BCUT2D eigenvalue weighted by Gasteiger charge is 2.35. The minimum absolute atomic E-state index is 0.210. The first-order chi connectivity index (χ1) is 17.4. The Hall–Kier alpha value is -4.36. The van der Waals surface area contributed by atoms with Crippen molar-refractivity contribution in [2.45, 2.75) is 25.1 Å². The summed E-state index contributed by atoms with van der Waals surface area (Å²) in [5.74, 6) is -6.12. The van der Waals surface area contributed by atoms with Gasteiger partial charge < -0.3 is 21.3 Å². The van der Waals surface area contributed by atoms with Gasteiger partial charge in [-0.15, -0.1) is 0 Å². The third-order valence-electron chi connectivity index (χ3n) is 5.54. The van der Waals surface area contributed by atoms with E-state index in [1.54, 1.807) is 0 Å². The lowest BCUT2D eigenvalue weighted by atomic mass is 9.95. The largest absolute Gasteiger partial charge is 0.433 e. The van der Waals surface area contributed by atoms with Crippen molar-refractivity contribution in [1.82, 2.24) is 20.9 Å². The number of ketones is 1. The molecule has 1 fully saturated rings. The molecule has 1 saturated heterocycles. The van der Waals surface area contributed by atoms with Gasteiger partial charge in [0.25, 0.3) is 17.7 Å². The van der Waals surface area contributed by atoms with Crippen LogP contribution in [0.5, 0.6) is 0 Å². The van der Waals surface area contributed by atoms with Crippen LogP contribution >= 0.6 is 0 Å². The number of hydrogen-bond donors (Lipinski definition) is 4. The molecule has 37 heavy (non-hydrogen) atoms. The number of carbonyl (C=O) groups is 5. The molecule has 0 spiro atoms. The Morgan fingerprint density at radius 2 is 1.86 bits per heavy atom. The minimum Gasteiger partial charge on any atom is -0.356 e. The van der Waals surface area contributed by atoms with Gasteiger partial charge in [-0.1, -0.05) is 0 Å². The van der Waals surface area contributed by atoms with E-state index in [0.717, 1.165) is 30.5 Å². The van der Waals surface area contributed by atoms with E-state index in [-0.39, 0.29) is 18.0 Å². The Morgan fingerprint density at radius 1 is 1.14 bits per heavy atom. The number of nitrogens with one attached hydrogen (secondary N) is 4. The number of anilines is 1. The molecule has 10 nitrogen and oxygen atoms in total. The van der Waals surface area contributed by atoms with Gasteiger partial charge in [-0.3, -0.25) is 29.0 Å². The summed E-state index contributed by atoms with van der Waals surface area (Å²) >= 11 is 0. The van der Waals surface area contributed by atoms with Crippen LogP contribution in [0.25, 0.3) is 0 Å². The van der Waals surface area contributed by atoms with E-state index < -0.39 is 64.3 Å². The van der Waals surface area contributed by atoms with Crippen LogP contribution in [0.2, 0.25) is 0 Å². The average molecular weight is 523 g/mol. The van der Waals surface area contributed by atoms with Crippen molar-refractivity contribution in [2.75, 3.05) is 18.9 Å². The molecule has 1 aromatic carbocycles. The fourth-order valence-corrected chi connectivity index (χ4v) is 3.64. The first kappa shape index (κ1) is 27.2. The first-order valence-corrected chi connectivity index (χ1v) is 10.9. The van der Waals surface area contributed by atoms with E-state index >= 15 is 0 Å². The van der Waals surface area contributed by atoms with Crippen molar-refractivity contribution in [1.29, 1.82) is 0 Å². The Labute approximate surface area is 207 Å². The summed E-state index contributed by atoms with van der Waals surface area (Å²) in [5.41, 5.74) is -2.50. The Kier molecular flexibility index (Phi) is 8.20. The lowest BCUT2D eigenvalue weighted by Crippen LogP contribution is -2.48. The Bertz CT molecular complexity index is 1250. The molecule has 4 N–H and O–H groups in total. The van der Waals surface area contributed by atoms with Crippen LogP contribution in [0, 0.1) is 11.7 Å². The summed E-state index contributed by atoms with van der Waals surface area (Å²) in [6, 6.07) is 2.71. The van der Waals surface area contributed by atoms with Gasteiger partial charge in [-0.2, -0.15) is 13.2 Å². The zero-order valence-electron chi connectivity index (χ0n) is 19.2. The molecule has 0 radical (unpaired) electrons. The summed E-state index contributed by atoms with van der Waals surface area (Å²) < 4.78 is 52.8. The monoisotopic (exact) mass is 523 g/mol. The Morgan fingerprint density at radius 3 is 2.49 bits per heavy atom. The zero-order chi connectivity index (χ0) is 27.3. The summed E-state index contributed by atoms with van der Waals surface area (Å²) in [7, 11) is 1.20. The Balaban J connectivity index is 1.86. The van der Waals surface area contributed by atoms with Crippen LogP contribution in [0.3, 0.4) is 0 Å². The van der Waals surface area contributed by atoms with Crippen molar-refractivity contribution < 1.29 is 41.5 Å². The van der Waals surface area contributed by atoms with Crippen LogP contribution in [0.1, 0.15) is 39.3 Å². The molecule has 2 heterocycles. The van der Waals surface area contributed by atoms with Crippen LogP contribution in [-0.4, -0.2) is 54.0 Å². The maximum absolute atomic E-state index is 14.0. The first-order valence-electron chi connectivity index (χ1n) is 10.9. The smallest absolute Gasteiger partial charge is 0.356 e. The van der Waals surface area contributed by atoms with Crippen molar-refractivity contribution in [3.8, 4) is 0 Å². The molecule has 1 aliphatic rings. The molecule has 4 amide bonds. The summed E-state index contributed by atoms with van der Waals surface area (Å²) in [4.78, 5) is 65.2. The number of benzene rings is 1. The van der Waals surface area contributed by atoms with Gasteiger partial charge in [-0.25, -0.2) is 4.39 Å². The zero-order valence-corrected chi connectivity index (χ0v) is 19.2. The van der Waals surface area contributed by atoms with E-state index in [9.17, 15) is 41.5 Å². The van der Waals surface area contributed by atoms with Gasteiger partial charge in [0.15, 0.2) is 0 Å². The number of pyridine rings is 1. The fourth-order valence-electron chi connectivity index (χ4n) is 3.64. The number of hydrogen-bond acceptors (Lipinski definition) is 6. The second-order valence-electron chi connectivity index (χ2n) is 8.05. The maximum atomic E-state index is 14.0. The third-order valence-corrected chi connectivity index (χ3v) is 5.54. The molecule has 3 rings (SSSR count). The molecule has 2 atom stereocenters. The number of nitrogens with zero attached hydrogens (tertiary/aromatic N) is 1. The fraction of sp³-hybridized carbons (Fsp3) is 0.304. The molecule has 0 bridgehead atoms. The normalized spacial score (nSPS) is 15.9. The van der Waals surface area contributed by atoms with Gasteiger partial charge >= 0.3 is 6.18 Å². The van der Waals surface area contributed by atoms with Gasteiger partial charge in [-0.05, 0) is 43.2 Å². The number of rotatable bonds is 8. The van der Waals surface area contributed by atoms with Crippen LogP contribution < -0.4 is 21.3 Å².